The van der Waals surface area contributed by atoms with Crippen molar-refractivity contribution in [2.24, 2.45) is 0 Å². The van der Waals surface area contributed by atoms with E-state index in [1.807, 2.05) is 38.2 Å². The number of likely N-dealkylation sites (N-methyl/N-ethyl adjacent to an activating group) is 1. The first-order chi connectivity index (χ1) is 8.78. The standard InChI is InChI=1S/C15H25ClN2O/c1-12(2)17-10-15(3,19)11-18(4)9-13-6-5-7-14(16)8-13/h5-8,12,17,19H,9-11H2,1-4H3. The molecule has 0 aromatic heterocycles. The lowest BCUT2D eigenvalue weighted by Gasteiger charge is -2.30. The van der Waals surface area contributed by atoms with Gasteiger partial charge in [-0.15, -0.1) is 0 Å². The third kappa shape index (κ3) is 6.92. The molecule has 0 amide bonds. The van der Waals surface area contributed by atoms with Crippen molar-refractivity contribution >= 4 is 11.6 Å². The maximum atomic E-state index is 10.3. The van der Waals surface area contributed by atoms with Crippen molar-refractivity contribution in [3.63, 3.8) is 0 Å². The zero-order chi connectivity index (χ0) is 14.5. The summed E-state index contributed by atoms with van der Waals surface area (Å²) in [7, 11) is 2.00. The maximum Gasteiger partial charge on any atom is 0.0869 e. The molecule has 0 bridgehead atoms. The van der Waals surface area contributed by atoms with Gasteiger partial charge in [0, 0.05) is 30.7 Å². The van der Waals surface area contributed by atoms with Gasteiger partial charge in [-0.3, -0.25) is 4.90 Å². The molecule has 0 saturated heterocycles. The Hall–Kier alpha value is -0.610. The summed E-state index contributed by atoms with van der Waals surface area (Å²) < 4.78 is 0. The van der Waals surface area contributed by atoms with Crippen molar-refractivity contribution in [2.75, 3.05) is 20.1 Å². The minimum absolute atomic E-state index is 0.379. The molecule has 1 atom stereocenters. The molecule has 3 nitrogen and oxygen atoms in total. The molecule has 0 aliphatic rings. The van der Waals surface area contributed by atoms with E-state index in [4.69, 9.17) is 11.6 Å². The fraction of sp³-hybridized carbons (Fsp3) is 0.600. The molecule has 1 aromatic carbocycles. The van der Waals surface area contributed by atoms with Crippen molar-refractivity contribution in [1.29, 1.82) is 0 Å². The molecule has 2 N–H and O–H groups in total. The molecule has 0 heterocycles. The Bertz CT molecular complexity index is 393. The first-order valence-corrected chi connectivity index (χ1v) is 7.05. The molecule has 1 unspecified atom stereocenters. The molecular weight excluding hydrogens is 260 g/mol. The summed E-state index contributed by atoms with van der Waals surface area (Å²) in [6.45, 7) is 7.98. The van der Waals surface area contributed by atoms with Gasteiger partial charge in [-0.05, 0) is 31.7 Å². The van der Waals surface area contributed by atoms with Crippen LogP contribution in [0.25, 0.3) is 0 Å². The van der Waals surface area contributed by atoms with E-state index in [1.165, 1.54) is 0 Å². The van der Waals surface area contributed by atoms with Crippen molar-refractivity contribution < 1.29 is 5.11 Å². The number of nitrogens with one attached hydrogen (secondary N) is 1. The van der Waals surface area contributed by atoms with Gasteiger partial charge in [0.1, 0.15) is 0 Å². The van der Waals surface area contributed by atoms with Crippen LogP contribution in [0.2, 0.25) is 5.02 Å². The first-order valence-electron chi connectivity index (χ1n) is 6.67. The maximum absolute atomic E-state index is 10.3. The summed E-state index contributed by atoms with van der Waals surface area (Å²) in [6, 6.07) is 8.20. The van der Waals surface area contributed by atoms with E-state index in [2.05, 4.69) is 24.1 Å². The summed E-state index contributed by atoms with van der Waals surface area (Å²) in [6.07, 6.45) is 0. The van der Waals surface area contributed by atoms with E-state index < -0.39 is 5.60 Å². The van der Waals surface area contributed by atoms with Crippen LogP contribution in [0.1, 0.15) is 26.3 Å². The van der Waals surface area contributed by atoms with Crippen molar-refractivity contribution in [3.8, 4) is 0 Å². The van der Waals surface area contributed by atoms with Gasteiger partial charge in [-0.1, -0.05) is 37.6 Å². The summed E-state index contributed by atoms with van der Waals surface area (Å²) in [5.74, 6) is 0. The SMILES string of the molecule is CC(C)NCC(C)(O)CN(C)Cc1cccc(Cl)c1. The third-order valence-electron chi connectivity index (χ3n) is 2.84. The minimum atomic E-state index is -0.738. The number of benzene rings is 1. The number of hydrogen-bond donors (Lipinski definition) is 2. The number of aliphatic hydroxyl groups is 1. The molecule has 0 aliphatic heterocycles. The summed E-state index contributed by atoms with van der Waals surface area (Å²) in [5.41, 5.74) is 0.417. The quantitative estimate of drug-likeness (QED) is 0.808. The summed E-state index contributed by atoms with van der Waals surface area (Å²) >= 11 is 5.97. The molecule has 0 spiro atoms. The van der Waals surface area contributed by atoms with Crippen molar-refractivity contribution in [2.45, 2.75) is 39.0 Å². The van der Waals surface area contributed by atoms with E-state index in [0.717, 1.165) is 17.1 Å². The Morgan fingerprint density at radius 2 is 2.11 bits per heavy atom. The number of halogens is 1. The van der Waals surface area contributed by atoms with Crippen LogP contribution >= 0.6 is 11.6 Å². The van der Waals surface area contributed by atoms with Crippen LogP contribution in [0.15, 0.2) is 24.3 Å². The van der Waals surface area contributed by atoms with Gasteiger partial charge in [0.25, 0.3) is 0 Å². The minimum Gasteiger partial charge on any atom is -0.388 e. The van der Waals surface area contributed by atoms with Gasteiger partial charge in [0.2, 0.25) is 0 Å². The average molecular weight is 285 g/mol. The van der Waals surface area contributed by atoms with Gasteiger partial charge in [-0.2, -0.15) is 0 Å². The molecule has 108 valence electrons. The lowest BCUT2D eigenvalue weighted by molar-refractivity contribution is 0.0240. The van der Waals surface area contributed by atoms with Crippen LogP contribution < -0.4 is 5.32 Å². The fourth-order valence-electron chi connectivity index (χ4n) is 2.06. The third-order valence-corrected chi connectivity index (χ3v) is 3.08. The van der Waals surface area contributed by atoms with Crippen molar-refractivity contribution in [1.82, 2.24) is 10.2 Å². The van der Waals surface area contributed by atoms with E-state index in [9.17, 15) is 5.11 Å². The van der Waals surface area contributed by atoms with E-state index in [-0.39, 0.29) is 0 Å². The highest BCUT2D eigenvalue weighted by Crippen LogP contribution is 2.13. The normalized spacial score (nSPS) is 14.9. The highest BCUT2D eigenvalue weighted by atomic mass is 35.5. The van der Waals surface area contributed by atoms with Gasteiger partial charge in [-0.25, -0.2) is 0 Å². The van der Waals surface area contributed by atoms with Gasteiger partial charge in [0.15, 0.2) is 0 Å². The Morgan fingerprint density at radius 3 is 2.68 bits per heavy atom. The molecule has 0 aliphatic carbocycles. The molecule has 0 fully saturated rings. The number of nitrogens with zero attached hydrogens (tertiary/aromatic N) is 1. The van der Waals surface area contributed by atoms with Gasteiger partial charge >= 0.3 is 0 Å². The van der Waals surface area contributed by atoms with Crippen LogP contribution in [0.4, 0.5) is 0 Å². The van der Waals surface area contributed by atoms with Crippen LogP contribution in [-0.2, 0) is 6.54 Å². The van der Waals surface area contributed by atoms with Gasteiger partial charge < -0.3 is 10.4 Å². The van der Waals surface area contributed by atoms with Crippen LogP contribution in [0.3, 0.4) is 0 Å². The summed E-state index contributed by atoms with van der Waals surface area (Å²) in [4.78, 5) is 2.10. The second kappa shape index (κ2) is 7.25. The highest BCUT2D eigenvalue weighted by Gasteiger charge is 2.22. The predicted octanol–water partition coefficient (Wildman–Crippen LogP) is 2.52. The number of hydrogen-bond acceptors (Lipinski definition) is 3. The zero-order valence-corrected chi connectivity index (χ0v) is 13.0. The molecule has 4 heteroatoms. The largest absolute Gasteiger partial charge is 0.388 e. The van der Waals surface area contributed by atoms with Gasteiger partial charge in [0.05, 0.1) is 5.60 Å². The Labute approximate surface area is 121 Å². The molecular formula is C15H25ClN2O. The first kappa shape index (κ1) is 16.4. The average Bonchev–Trinajstić information content (AvgIpc) is 2.25. The lowest BCUT2D eigenvalue weighted by atomic mass is 10.1. The van der Waals surface area contributed by atoms with Crippen LogP contribution in [0.5, 0.6) is 0 Å². The topological polar surface area (TPSA) is 35.5 Å². The molecule has 0 saturated carbocycles. The fourth-order valence-corrected chi connectivity index (χ4v) is 2.28. The second-order valence-electron chi connectivity index (χ2n) is 5.83. The summed E-state index contributed by atoms with van der Waals surface area (Å²) in [5, 5.41) is 14.4. The van der Waals surface area contributed by atoms with E-state index in [0.29, 0.717) is 19.1 Å². The second-order valence-corrected chi connectivity index (χ2v) is 6.27. The molecule has 1 aromatic rings. The van der Waals surface area contributed by atoms with Crippen LogP contribution in [-0.4, -0.2) is 41.8 Å². The predicted molar refractivity (Wildman–Crippen MR) is 81.5 cm³/mol. The van der Waals surface area contributed by atoms with E-state index >= 15 is 0 Å². The Balaban J connectivity index is 2.47. The smallest absolute Gasteiger partial charge is 0.0869 e. The Morgan fingerprint density at radius 1 is 1.42 bits per heavy atom. The van der Waals surface area contributed by atoms with Crippen LogP contribution in [0, 0.1) is 0 Å². The lowest BCUT2D eigenvalue weighted by Crippen LogP contribution is -2.47. The van der Waals surface area contributed by atoms with Crippen molar-refractivity contribution in [3.05, 3.63) is 34.9 Å². The number of rotatable bonds is 7. The molecule has 19 heavy (non-hydrogen) atoms. The monoisotopic (exact) mass is 284 g/mol. The molecule has 1 rings (SSSR count). The zero-order valence-electron chi connectivity index (χ0n) is 12.3. The Kier molecular flexibility index (Phi) is 6.27. The molecule has 0 radical (unpaired) electrons. The van der Waals surface area contributed by atoms with E-state index in [1.54, 1.807) is 0 Å². The highest BCUT2D eigenvalue weighted by molar-refractivity contribution is 6.30.